The average Bonchev–Trinajstić information content (AvgIpc) is 2.85. The number of anilines is 2. The molecule has 0 atom stereocenters. The number of nitrogens with one attached hydrogen (secondary N) is 1. The van der Waals surface area contributed by atoms with Crippen LogP contribution in [-0.4, -0.2) is 52.1 Å². The van der Waals surface area contributed by atoms with E-state index in [0.717, 1.165) is 37.9 Å². The van der Waals surface area contributed by atoms with Gasteiger partial charge in [0.25, 0.3) is 5.56 Å². The van der Waals surface area contributed by atoms with E-state index in [9.17, 15) is 13.6 Å². The van der Waals surface area contributed by atoms with Crippen molar-refractivity contribution < 1.29 is 8.78 Å². The molecule has 4 aromatic rings. The molecule has 0 amide bonds. The Morgan fingerprint density at radius 2 is 1.69 bits per heavy atom. The molecule has 1 aliphatic heterocycles. The van der Waals surface area contributed by atoms with Crippen LogP contribution in [0.4, 0.5) is 20.3 Å². The van der Waals surface area contributed by atoms with E-state index in [1.165, 1.54) is 12.3 Å². The summed E-state index contributed by atoms with van der Waals surface area (Å²) in [5.74, 6) is -1.75. The summed E-state index contributed by atoms with van der Waals surface area (Å²) in [6, 6.07) is 12.2. The summed E-state index contributed by atoms with van der Waals surface area (Å²) >= 11 is 0. The highest BCUT2D eigenvalue weighted by Gasteiger charge is 2.21. The van der Waals surface area contributed by atoms with E-state index < -0.39 is 17.3 Å². The van der Waals surface area contributed by atoms with E-state index in [1.54, 1.807) is 18.2 Å². The number of nitrogens with two attached hydrogens (primary N) is 1. The lowest BCUT2D eigenvalue weighted by Crippen LogP contribution is -2.48. The molecule has 3 heterocycles. The Morgan fingerprint density at radius 1 is 0.971 bits per heavy atom. The third-order valence-corrected chi connectivity index (χ3v) is 6.55. The largest absolute Gasteiger partial charge is 0.382 e. The number of fused-ring (bicyclic) bond motifs is 1. The van der Waals surface area contributed by atoms with Gasteiger partial charge in [0.05, 0.1) is 0 Å². The highest BCUT2D eigenvalue weighted by molar-refractivity contribution is 5.88. The molecule has 7 nitrogen and oxygen atoms in total. The molecule has 9 heteroatoms. The molecule has 0 unspecified atom stereocenters. The molecule has 0 aliphatic carbocycles. The van der Waals surface area contributed by atoms with E-state index in [-0.39, 0.29) is 28.2 Å². The van der Waals surface area contributed by atoms with Gasteiger partial charge in [-0.15, -0.1) is 0 Å². The first-order valence-electron chi connectivity index (χ1n) is 11.6. The molecule has 1 saturated heterocycles. The number of rotatable bonds is 4. The summed E-state index contributed by atoms with van der Waals surface area (Å²) in [4.78, 5) is 27.4. The molecule has 5 rings (SSSR count). The van der Waals surface area contributed by atoms with Crippen molar-refractivity contribution in [1.82, 2.24) is 19.9 Å². The molecular weight excluding hydrogens is 450 g/mol. The molecule has 180 valence electrons. The van der Waals surface area contributed by atoms with Crippen molar-refractivity contribution in [3.63, 3.8) is 0 Å². The number of aromatic nitrogens is 3. The topological polar surface area (TPSA) is 91.1 Å². The lowest BCUT2D eigenvalue weighted by atomic mass is 10.0. The van der Waals surface area contributed by atoms with Gasteiger partial charge in [-0.05, 0) is 49.6 Å². The van der Waals surface area contributed by atoms with Crippen molar-refractivity contribution in [1.29, 1.82) is 0 Å². The zero-order chi connectivity index (χ0) is 24.7. The highest BCUT2D eigenvalue weighted by atomic mass is 19.1. The van der Waals surface area contributed by atoms with Crippen LogP contribution < -0.4 is 16.2 Å². The Labute approximate surface area is 201 Å². The summed E-state index contributed by atoms with van der Waals surface area (Å²) in [7, 11) is 0. The lowest BCUT2D eigenvalue weighted by Gasteiger charge is -2.38. The summed E-state index contributed by atoms with van der Waals surface area (Å²) in [5, 5.41) is 0.714. The molecule has 0 spiro atoms. The van der Waals surface area contributed by atoms with E-state index >= 15 is 0 Å². The minimum Gasteiger partial charge on any atom is -0.382 e. The molecular formula is C26H26F2N6O. The summed E-state index contributed by atoms with van der Waals surface area (Å²) < 4.78 is 29.8. The molecule has 3 N–H and O–H groups in total. The molecule has 2 aromatic carbocycles. The number of nitrogen functional groups attached to an aromatic ring is 1. The van der Waals surface area contributed by atoms with Crippen molar-refractivity contribution in [2.45, 2.75) is 19.9 Å². The van der Waals surface area contributed by atoms with E-state index in [4.69, 9.17) is 5.73 Å². The number of piperazine rings is 1. The standard InChI is InChI=1S/C26H26F2N6O/c1-15(2)33-9-11-34(12-10-33)18-5-3-16(4-6-18)22-24(28)32-25(29)23(31-22)20-13-17-7-8-30-26(35)19(17)14-21(20)27/h3-8,13-15H,9-12H2,1-2H3,(H2,29,32)(H,30,35). The number of aromatic amines is 1. The van der Waals surface area contributed by atoms with Crippen molar-refractivity contribution in [2.75, 3.05) is 36.8 Å². The second-order valence-corrected chi connectivity index (χ2v) is 8.99. The van der Waals surface area contributed by atoms with Crippen LogP contribution in [0.1, 0.15) is 13.8 Å². The molecule has 0 radical (unpaired) electrons. The fourth-order valence-corrected chi connectivity index (χ4v) is 4.53. The van der Waals surface area contributed by atoms with Gasteiger partial charge < -0.3 is 15.6 Å². The van der Waals surface area contributed by atoms with E-state index in [1.807, 2.05) is 12.1 Å². The van der Waals surface area contributed by atoms with E-state index in [2.05, 4.69) is 38.6 Å². The lowest BCUT2D eigenvalue weighted by molar-refractivity contribution is 0.209. The maximum Gasteiger partial charge on any atom is 0.255 e. The Bertz CT molecular complexity index is 1440. The first-order valence-corrected chi connectivity index (χ1v) is 11.6. The van der Waals surface area contributed by atoms with Crippen LogP contribution >= 0.6 is 0 Å². The van der Waals surface area contributed by atoms with Gasteiger partial charge >= 0.3 is 0 Å². The Morgan fingerprint density at radius 3 is 2.37 bits per heavy atom. The number of hydrogen-bond donors (Lipinski definition) is 2. The number of pyridine rings is 1. The van der Waals surface area contributed by atoms with Crippen LogP contribution in [-0.2, 0) is 0 Å². The van der Waals surface area contributed by atoms with Crippen LogP contribution in [0.25, 0.3) is 33.3 Å². The molecule has 0 bridgehead atoms. The monoisotopic (exact) mass is 476 g/mol. The van der Waals surface area contributed by atoms with Gasteiger partial charge in [0.2, 0.25) is 5.95 Å². The normalized spacial score (nSPS) is 14.7. The second-order valence-electron chi connectivity index (χ2n) is 8.99. The van der Waals surface area contributed by atoms with Gasteiger partial charge in [0.1, 0.15) is 17.2 Å². The summed E-state index contributed by atoms with van der Waals surface area (Å²) in [6.07, 6.45) is 1.47. The molecule has 1 fully saturated rings. The number of halogens is 2. The first kappa shape index (κ1) is 22.9. The highest BCUT2D eigenvalue weighted by Crippen LogP contribution is 2.32. The van der Waals surface area contributed by atoms with Crippen LogP contribution in [0, 0.1) is 11.8 Å². The van der Waals surface area contributed by atoms with Gasteiger partial charge in [-0.2, -0.15) is 9.37 Å². The Balaban J connectivity index is 1.48. The minimum absolute atomic E-state index is 0.0178. The third-order valence-electron chi connectivity index (χ3n) is 6.55. The van der Waals surface area contributed by atoms with Gasteiger partial charge in [-0.25, -0.2) is 9.37 Å². The van der Waals surface area contributed by atoms with Crippen LogP contribution in [0.2, 0.25) is 0 Å². The first-order chi connectivity index (χ1) is 16.8. The number of nitrogens with zero attached hydrogens (tertiary/aromatic N) is 4. The van der Waals surface area contributed by atoms with Crippen molar-refractivity contribution >= 4 is 22.3 Å². The number of hydrogen-bond acceptors (Lipinski definition) is 6. The van der Waals surface area contributed by atoms with Crippen molar-refractivity contribution in [3.8, 4) is 22.5 Å². The van der Waals surface area contributed by atoms with Crippen LogP contribution in [0.15, 0.2) is 53.5 Å². The summed E-state index contributed by atoms with van der Waals surface area (Å²) in [6.45, 7) is 8.21. The molecule has 35 heavy (non-hydrogen) atoms. The smallest absolute Gasteiger partial charge is 0.255 e. The number of H-pyrrole nitrogens is 1. The fourth-order valence-electron chi connectivity index (χ4n) is 4.53. The average molecular weight is 477 g/mol. The number of benzene rings is 2. The molecule has 1 aliphatic rings. The maximum absolute atomic E-state index is 15.0. The zero-order valence-electron chi connectivity index (χ0n) is 19.6. The van der Waals surface area contributed by atoms with Gasteiger partial charge in [0.15, 0.2) is 5.82 Å². The molecule has 2 aromatic heterocycles. The van der Waals surface area contributed by atoms with Gasteiger partial charge in [-0.3, -0.25) is 9.69 Å². The van der Waals surface area contributed by atoms with Crippen LogP contribution in [0.3, 0.4) is 0 Å². The molecule has 0 saturated carbocycles. The van der Waals surface area contributed by atoms with Crippen molar-refractivity contribution in [3.05, 3.63) is 70.8 Å². The van der Waals surface area contributed by atoms with Gasteiger partial charge in [0, 0.05) is 60.6 Å². The van der Waals surface area contributed by atoms with Crippen LogP contribution in [0.5, 0.6) is 0 Å². The Hall–Kier alpha value is -3.85. The predicted octanol–water partition coefficient (Wildman–Crippen LogP) is 4.04. The minimum atomic E-state index is -0.831. The van der Waals surface area contributed by atoms with Crippen molar-refractivity contribution in [2.24, 2.45) is 0 Å². The maximum atomic E-state index is 15.0. The van der Waals surface area contributed by atoms with E-state index in [0.29, 0.717) is 17.0 Å². The fraction of sp³-hybridized carbons (Fsp3) is 0.269. The Kier molecular flexibility index (Phi) is 5.94. The van der Waals surface area contributed by atoms with Gasteiger partial charge in [-0.1, -0.05) is 12.1 Å². The summed E-state index contributed by atoms with van der Waals surface area (Å²) in [5.41, 5.74) is 7.15. The predicted molar refractivity (Wildman–Crippen MR) is 134 cm³/mol. The SMILES string of the molecule is CC(C)N1CCN(c2ccc(-c3nc(-c4cc5cc[nH]c(=O)c5cc4F)c(N)nc3F)cc2)CC1. The third kappa shape index (κ3) is 4.35. The quantitative estimate of drug-likeness (QED) is 0.462. The zero-order valence-corrected chi connectivity index (χ0v) is 19.6. The second kappa shape index (κ2) is 9.07.